The van der Waals surface area contributed by atoms with Crippen LogP contribution >= 0.6 is 0 Å². The van der Waals surface area contributed by atoms with Crippen LogP contribution in [-0.4, -0.2) is 120 Å². The van der Waals surface area contributed by atoms with Crippen molar-refractivity contribution < 1.29 is 43.7 Å². The molecule has 7 N–H and O–H groups in total. The van der Waals surface area contributed by atoms with Gasteiger partial charge in [-0.1, -0.05) is 13.3 Å². The predicted molar refractivity (Wildman–Crippen MR) is 149 cm³/mol. The third-order valence-electron chi connectivity index (χ3n) is 5.47. The molecule has 0 spiro atoms. The fourth-order valence-electron chi connectivity index (χ4n) is 2.97. The molecule has 0 aliphatic carbocycles. The Kier molecular flexibility index (Phi) is 16.9. The lowest BCUT2D eigenvalue weighted by Gasteiger charge is -2.29. The van der Waals surface area contributed by atoms with Gasteiger partial charge in [0.2, 0.25) is 23.6 Å². The summed E-state index contributed by atoms with van der Waals surface area (Å²) >= 11 is 0. The Labute approximate surface area is 241 Å². The molecule has 0 saturated heterocycles. The van der Waals surface area contributed by atoms with E-state index in [9.17, 15) is 39.0 Å². The molecule has 0 heterocycles. The molecule has 0 aliphatic rings. The molecule has 1 atom stereocenters. The first-order valence-corrected chi connectivity index (χ1v) is 13.6. The van der Waals surface area contributed by atoms with Gasteiger partial charge in [0.1, 0.15) is 11.1 Å². The highest BCUT2D eigenvalue weighted by atomic mass is 16.6. The Morgan fingerprint density at radius 3 is 1.95 bits per heavy atom. The lowest BCUT2D eigenvalue weighted by Crippen LogP contribution is -2.53. The van der Waals surface area contributed by atoms with E-state index in [0.29, 0.717) is 6.54 Å². The van der Waals surface area contributed by atoms with Crippen molar-refractivity contribution in [2.24, 2.45) is 0 Å². The minimum atomic E-state index is -1.93. The van der Waals surface area contributed by atoms with Gasteiger partial charge in [0.05, 0.1) is 45.3 Å². The molecule has 15 heteroatoms. The van der Waals surface area contributed by atoms with Gasteiger partial charge in [0.25, 0.3) is 0 Å². The van der Waals surface area contributed by atoms with Crippen LogP contribution in [0, 0.1) is 0 Å². The van der Waals surface area contributed by atoms with Crippen LogP contribution in [0.1, 0.15) is 61.3 Å². The first-order valence-electron chi connectivity index (χ1n) is 13.6. The number of hydrogen-bond acceptors (Lipinski definition) is 11. The maximum Gasteiger partial charge on any atom is 0.326 e. The maximum absolute atomic E-state index is 12.6. The van der Waals surface area contributed by atoms with E-state index in [1.54, 1.807) is 34.6 Å². The second-order valence-electron chi connectivity index (χ2n) is 11.1. The minimum Gasteiger partial charge on any atom is -0.459 e. The normalized spacial score (nSPS) is 12.3. The van der Waals surface area contributed by atoms with Gasteiger partial charge in [-0.2, -0.15) is 0 Å². The van der Waals surface area contributed by atoms with Crippen molar-refractivity contribution in [3.63, 3.8) is 0 Å². The molecule has 236 valence electrons. The SMILES string of the molecule is CCCCNC(=O)CNC(=O)CNC(C)C(=O)CN(CC(O)O)C(=O)CNC(=O)CNC(C)(C)C(=O)OC(C)(C)C. The number of Topliss-reactive ketones (excluding diaryl/α,β-unsaturated/α-hetero) is 1. The Balaban J connectivity index is 4.74. The maximum atomic E-state index is 12.6. The van der Waals surface area contributed by atoms with Gasteiger partial charge in [0, 0.05) is 6.54 Å². The number of ether oxygens (including phenoxy) is 1. The monoisotopic (exact) mass is 588 g/mol. The van der Waals surface area contributed by atoms with Crippen LogP contribution in [-0.2, 0) is 33.5 Å². The van der Waals surface area contributed by atoms with Crippen LogP contribution in [0.3, 0.4) is 0 Å². The van der Waals surface area contributed by atoms with E-state index < -0.39 is 72.6 Å². The van der Waals surface area contributed by atoms with Gasteiger partial charge >= 0.3 is 5.97 Å². The summed E-state index contributed by atoms with van der Waals surface area (Å²) in [5.74, 6) is -3.32. The van der Waals surface area contributed by atoms with Crippen LogP contribution in [0.5, 0.6) is 0 Å². The third-order valence-corrected chi connectivity index (χ3v) is 5.47. The van der Waals surface area contributed by atoms with Crippen molar-refractivity contribution >= 4 is 35.4 Å². The minimum absolute atomic E-state index is 0.205. The molecular formula is C26H48N6O9. The van der Waals surface area contributed by atoms with E-state index in [-0.39, 0.29) is 25.5 Å². The number of amides is 4. The molecule has 0 aromatic rings. The van der Waals surface area contributed by atoms with E-state index in [1.807, 2.05) is 6.92 Å². The fourth-order valence-corrected chi connectivity index (χ4v) is 2.97. The van der Waals surface area contributed by atoms with E-state index in [0.717, 1.165) is 17.7 Å². The average Bonchev–Trinajstić information content (AvgIpc) is 2.86. The smallest absolute Gasteiger partial charge is 0.326 e. The summed E-state index contributed by atoms with van der Waals surface area (Å²) in [7, 11) is 0. The Morgan fingerprint density at radius 2 is 1.39 bits per heavy atom. The molecule has 0 aromatic carbocycles. The van der Waals surface area contributed by atoms with Gasteiger partial charge in [-0.15, -0.1) is 0 Å². The van der Waals surface area contributed by atoms with Crippen LogP contribution in [0.2, 0.25) is 0 Å². The number of ketones is 1. The number of nitrogens with one attached hydrogen (secondary N) is 5. The second kappa shape index (κ2) is 18.3. The number of aliphatic hydroxyl groups is 2. The first kappa shape index (κ1) is 37.9. The lowest BCUT2D eigenvalue weighted by atomic mass is 10.1. The molecule has 0 rings (SSSR count). The van der Waals surface area contributed by atoms with Crippen LogP contribution in [0.15, 0.2) is 0 Å². The molecule has 4 amide bonds. The van der Waals surface area contributed by atoms with Crippen molar-refractivity contribution in [3.8, 4) is 0 Å². The van der Waals surface area contributed by atoms with Gasteiger partial charge in [-0.05, 0) is 48.0 Å². The van der Waals surface area contributed by atoms with Crippen LogP contribution < -0.4 is 26.6 Å². The molecule has 0 bridgehead atoms. The summed E-state index contributed by atoms with van der Waals surface area (Å²) in [5, 5.41) is 31.6. The van der Waals surface area contributed by atoms with E-state index in [2.05, 4.69) is 26.6 Å². The molecule has 0 fully saturated rings. The van der Waals surface area contributed by atoms with Crippen molar-refractivity contribution in [2.45, 2.75) is 84.8 Å². The molecule has 41 heavy (non-hydrogen) atoms. The number of rotatable bonds is 19. The quantitative estimate of drug-likeness (QED) is 0.0477. The van der Waals surface area contributed by atoms with E-state index in [1.165, 1.54) is 6.92 Å². The summed E-state index contributed by atoms with van der Waals surface area (Å²) < 4.78 is 5.31. The number of hydrogen-bond donors (Lipinski definition) is 7. The average molecular weight is 589 g/mol. The third kappa shape index (κ3) is 18.0. The Morgan fingerprint density at radius 1 is 0.829 bits per heavy atom. The molecule has 0 saturated carbocycles. The van der Waals surface area contributed by atoms with Crippen molar-refractivity contribution in [2.75, 3.05) is 45.8 Å². The van der Waals surface area contributed by atoms with Crippen molar-refractivity contribution in [3.05, 3.63) is 0 Å². The van der Waals surface area contributed by atoms with Gasteiger partial charge in [0.15, 0.2) is 12.1 Å². The highest BCUT2D eigenvalue weighted by molar-refractivity contribution is 5.92. The number of aliphatic hydroxyl groups excluding tert-OH is 1. The molecule has 0 aromatic heterocycles. The zero-order chi connectivity index (χ0) is 31.8. The van der Waals surface area contributed by atoms with Gasteiger partial charge in [-0.3, -0.25) is 39.4 Å². The summed E-state index contributed by atoms with van der Waals surface area (Å²) in [6.07, 6.45) is -0.188. The fraction of sp³-hybridized carbons (Fsp3) is 0.769. The zero-order valence-corrected chi connectivity index (χ0v) is 25.2. The van der Waals surface area contributed by atoms with Crippen molar-refractivity contribution in [1.82, 2.24) is 31.5 Å². The number of carbonyl (C=O) groups is 6. The predicted octanol–water partition coefficient (Wildman–Crippen LogP) is -2.47. The van der Waals surface area contributed by atoms with Crippen LogP contribution in [0.4, 0.5) is 0 Å². The molecular weight excluding hydrogens is 540 g/mol. The van der Waals surface area contributed by atoms with Crippen molar-refractivity contribution in [1.29, 1.82) is 0 Å². The van der Waals surface area contributed by atoms with Gasteiger partial charge < -0.3 is 35.8 Å². The second-order valence-corrected chi connectivity index (χ2v) is 11.1. The van der Waals surface area contributed by atoms with E-state index in [4.69, 9.17) is 4.74 Å². The molecule has 0 aliphatic heterocycles. The number of nitrogens with zero attached hydrogens (tertiary/aromatic N) is 1. The molecule has 0 radical (unpaired) electrons. The molecule has 1 unspecified atom stereocenters. The topological polar surface area (TPSA) is 215 Å². The largest absolute Gasteiger partial charge is 0.459 e. The number of unbranched alkanes of at least 4 members (excludes halogenated alkanes) is 1. The summed E-state index contributed by atoms with van der Waals surface area (Å²) in [6.45, 7) is 9.74. The Bertz CT molecular complexity index is 902. The summed E-state index contributed by atoms with van der Waals surface area (Å²) in [5.41, 5.74) is -1.90. The van der Waals surface area contributed by atoms with Crippen LogP contribution in [0.25, 0.3) is 0 Å². The Hall–Kier alpha value is -3.14. The number of esters is 1. The van der Waals surface area contributed by atoms with E-state index >= 15 is 0 Å². The zero-order valence-electron chi connectivity index (χ0n) is 25.2. The summed E-state index contributed by atoms with van der Waals surface area (Å²) in [4.78, 5) is 74.3. The number of carbonyl (C=O) groups excluding carboxylic acids is 6. The highest BCUT2D eigenvalue weighted by Crippen LogP contribution is 2.13. The standard InChI is InChI=1S/C26H48N6O9/c1-8-9-10-27-19(34)12-29-20(35)11-28-17(2)18(33)15-32(16-23(38)39)22(37)14-30-21(36)13-31-26(6,7)24(40)41-25(3,4)5/h17,23,28,31,38-39H,8-16H2,1-7H3,(H,27,34)(H,29,35)(H,30,36). The molecule has 15 nitrogen and oxygen atoms in total. The first-order chi connectivity index (χ1) is 18.9. The highest BCUT2D eigenvalue weighted by Gasteiger charge is 2.32. The lowest BCUT2D eigenvalue weighted by molar-refractivity contribution is -0.161. The summed E-state index contributed by atoms with van der Waals surface area (Å²) in [6, 6.07) is -0.890. The van der Waals surface area contributed by atoms with Gasteiger partial charge in [-0.25, -0.2) is 0 Å².